The van der Waals surface area contributed by atoms with Crippen molar-refractivity contribution >= 4 is 29.4 Å². The van der Waals surface area contributed by atoms with Crippen LogP contribution in [0.4, 0.5) is 16.3 Å². The minimum atomic E-state index is -0.598. The summed E-state index contributed by atoms with van der Waals surface area (Å²) in [5.74, 6) is -0.298. The van der Waals surface area contributed by atoms with Gasteiger partial charge in [0.2, 0.25) is 11.8 Å². The molecule has 1 saturated heterocycles. The molecule has 1 aliphatic rings. The fraction of sp³-hybridized carbons (Fsp3) is 0.500. The molecule has 0 aliphatic carbocycles. The third-order valence-electron chi connectivity index (χ3n) is 3.37. The van der Waals surface area contributed by atoms with Crippen LogP contribution >= 0.6 is 0 Å². The van der Waals surface area contributed by atoms with E-state index in [1.54, 1.807) is 40.0 Å². The first-order valence-electron chi connectivity index (χ1n) is 7.65. The molecule has 2 rings (SSSR count). The van der Waals surface area contributed by atoms with Crippen LogP contribution in [0.25, 0.3) is 0 Å². The number of hydrogen-bond donors (Lipinski definition) is 2. The lowest BCUT2D eigenvalue weighted by molar-refractivity contribution is -0.127. The molecule has 1 atom stereocenters. The molecule has 0 spiro atoms. The Morgan fingerprint density at radius 1 is 1.29 bits per heavy atom. The van der Waals surface area contributed by atoms with Gasteiger partial charge in [0.05, 0.1) is 17.8 Å². The Bertz CT molecular complexity index is 636. The molecular weight excluding hydrogens is 312 g/mol. The summed E-state index contributed by atoms with van der Waals surface area (Å²) in [5.41, 5.74) is -0.0964. The van der Waals surface area contributed by atoms with Gasteiger partial charge in [-0.3, -0.25) is 14.9 Å². The minimum absolute atomic E-state index is 0.0369. The number of nitrogens with zero attached hydrogens (tertiary/aromatic N) is 2. The quantitative estimate of drug-likeness (QED) is 0.878. The average molecular weight is 334 g/mol. The Morgan fingerprint density at radius 2 is 2.00 bits per heavy atom. The van der Waals surface area contributed by atoms with E-state index in [4.69, 9.17) is 4.74 Å². The lowest BCUT2D eigenvalue weighted by atomic mass is 10.1. The number of hydrogen-bond acceptors (Lipinski definition) is 5. The lowest BCUT2D eigenvalue weighted by Crippen LogP contribution is -2.27. The van der Waals surface area contributed by atoms with Crippen molar-refractivity contribution < 1.29 is 19.1 Å². The van der Waals surface area contributed by atoms with Crippen LogP contribution in [-0.2, 0) is 14.3 Å². The lowest BCUT2D eigenvalue weighted by Gasteiger charge is -2.19. The van der Waals surface area contributed by atoms with Gasteiger partial charge in [0.25, 0.3) is 0 Å². The first kappa shape index (κ1) is 17.7. The van der Waals surface area contributed by atoms with E-state index in [1.165, 1.54) is 11.1 Å². The molecule has 0 saturated carbocycles. The highest BCUT2D eigenvalue weighted by atomic mass is 16.6. The van der Waals surface area contributed by atoms with Gasteiger partial charge >= 0.3 is 6.09 Å². The largest absolute Gasteiger partial charge is 0.444 e. The normalized spacial score (nSPS) is 17.6. The summed E-state index contributed by atoms with van der Waals surface area (Å²) in [6.45, 7) is 5.72. The van der Waals surface area contributed by atoms with Crippen LogP contribution in [0, 0.1) is 5.92 Å². The van der Waals surface area contributed by atoms with Crippen molar-refractivity contribution in [3.8, 4) is 0 Å². The zero-order valence-electron chi connectivity index (χ0n) is 14.3. The molecule has 0 aromatic carbocycles. The summed E-state index contributed by atoms with van der Waals surface area (Å²) < 4.78 is 5.13. The smallest absolute Gasteiger partial charge is 0.413 e. The zero-order chi connectivity index (χ0) is 17.9. The van der Waals surface area contributed by atoms with Crippen LogP contribution in [0.3, 0.4) is 0 Å². The van der Waals surface area contributed by atoms with Gasteiger partial charge in [0.15, 0.2) is 0 Å². The first-order valence-corrected chi connectivity index (χ1v) is 7.65. The van der Waals surface area contributed by atoms with Gasteiger partial charge in [0.1, 0.15) is 11.4 Å². The second-order valence-corrected chi connectivity index (χ2v) is 6.72. The van der Waals surface area contributed by atoms with Crippen LogP contribution in [0.2, 0.25) is 0 Å². The number of amides is 3. The first-order chi connectivity index (χ1) is 11.1. The van der Waals surface area contributed by atoms with E-state index in [1.807, 2.05) is 0 Å². The monoisotopic (exact) mass is 334 g/mol. The summed E-state index contributed by atoms with van der Waals surface area (Å²) in [6.07, 6.45) is 1.05. The Hall–Kier alpha value is -2.64. The number of carbonyl (C=O) groups is 3. The number of likely N-dealkylation sites (tertiary alicyclic amines) is 1. The molecule has 1 aromatic heterocycles. The van der Waals surface area contributed by atoms with Crippen LogP contribution < -0.4 is 10.6 Å². The number of rotatable bonds is 3. The van der Waals surface area contributed by atoms with Crippen molar-refractivity contribution in [2.45, 2.75) is 32.8 Å². The predicted molar refractivity (Wildman–Crippen MR) is 88.5 cm³/mol. The Balaban J connectivity index is 1.89. The van der Waals surface area contributed by atoms with Crippen LogP contribution in [-0.4, -0.2) is 47.0 Å². The predicted octanol–water partition coefficient (Wildman–Crippen LogP) is 1.85. The topological polar surface area (TPSA) is 101 Å². The van der Waals surface area contributed by atoms with Crippen molar-refractivity contribution in [1.29, 1.82) is 0 Å². The average Bonchev–Trinajstić information content (AvgIpc) is 2.79. The second kappa shape index (κ2) is 6.86. The van der Waals surface area contributed by atoms with Crippen molar-refractivity contribution in [2.75, 3.05) is 24.2 Å². The van der Waals surface area contributed by atoms with Gasteiger partial charge in [-0.2, -0.15) is 0 Å². The number of carbonyl (C=O) groups excluding carboxylic acids is 3. The molecule has 3 amide bonds. The van der Waals surface area contributed by atoms with E-state index >= 15 is 0 Å². The molecule has 0 radical (unpaired) electrons. The van der Waals surface area contributed by atoms with Crippen LogP contribution in [0.15, 0.2) is 18.3 Å². The van der Waals surface area contributed by atoms with Crippen molar-refractivity contribution in [2.24, 2.45) is 5.92 Å². The summed E-state index contributed by atoms with van der Waals surface area (Å²) in [4.78, 5) is 40.8. The van der Waals surface area contributed by atoms with Gasteiger partial charge < -0.3 is 15.0 Å². The highest BCUT2D eigenvalue weighted by Crippen LogP contribution is 2.19. The molecule has 1 unspecified atom stereocenters. The van der Waals surface area contributed by atoms with Gasteiger partial charge in [0, 0.05) is 20.0 Å². The molecule has 1 aliphatic heterocycles. The maximum atomic E-state index is 12.1. The molecule has 2 heterocycles. The van der Waals surface area contributed by atoms with Crippen LogP contribution in [0.5, 0.6) is 0 Å². The maximum Gasteiger partial charge on any atom is 0.413 e. The molecule has 130 valence electrons. The molecule has 0 bridgehead atoms. The second-order valence-electron chi connectivity index (χ2n) is 6.72. The fourth-order valence-electron chi connectivity index (χ4n) is 2.23. The Labute approximate surface area is 140 Å². The highest BCUT2D eigenvalue weighted by Gasteiger charge is 2.32. The van der Waals surface area contributed by atoms with Crippen molar-refractivity contribution in [3.63, 3.8) is 0 Å². The van der Waals surface area contributed by atoms with Gasteiger partial charge in [-0.05, 0) is 32.9 Å². The van der Waals surface area contributed by atoms with E-state index < -0.39 is 11.7 Å². The molecule has 1 fully saturated rings. The standard InChI is InChI=1S/C16H22N4O4/c1-16(2,3)24-15(23)19-12-6-5-11(8-17-12)18-14(22)10-7-13(21)20(4)9-10/h5-6,8,10H,7,9H2,1-4H3,(H,18,22)(H,17,19,23). The fourth-order valence-corrected chi connectivity index (χ4v) is 2.23. The van der Waals surface area contributed by atoms with Crippen LogP contribution in [0.1, 0.15) is 27.2 Å². The molecule has 8 heteroatoms. The molecule has 8 nitrogen and oxygen atoms in total. The number of aromatic nitrogens is 1. The van der Waals surface area contributed by atoms with E-state index in [2.05, 4.69) is 15.6 Å². The maximum absolute atomic E-state index is 12.1. The molecule has 2 N–H and O–H groups in total. The Morgan fingerprint density at radius 3 is 2.50 bits per heavy atom. The zero-order valence-corrected chi connectivity index (χ0v) is 14.3. The number of nitrogens with one attached hydrogen (secondary N) is 2. The summed E-state index contributed by atoms with van der Waals surface area (Å²) in [7, 11) is 1.67. The van der Waals surface area contributed by atoms with Gasteiger partial charge in [-0.15, -0.1) is 0 Å². The number of pyridine rings is 1. The Kier molecular flexibility index (Phi) is 5.06. The van der Waals surface area contributed by atoms with Crippen molar-refractivity contribution in [3.05, 3.63) is 18.3 Å². The third-order valence-corrected chi connectivity index (χ3v) is 3.37. The van der Waals surface area contributed by atoms with E-state index in [9.17, 15) is 14.4 Å². The number of anilines is 2. The summed E-state index contributed by atoms with van der Waals surface area (Å²) >= 11 is 0. The van der Waals surface area contributed by atoms with E-state index in [0.29, 0.717) is 18.1 Å². The summed E-state index contributed by atoms with van der Waals surface area (Å²) in [6, 6.07) is 3.18. The third kappa shape index (κ3) is 4.94. The van der Waals surface area contributed by atoms with Gasteiger partial charge in [-0.25, -0.2) is 9.78 Å². The SMILES string of the molecule is CN1CC(C(=O)Nc2ccc(NC(=O)OC(C)(C)C)nc2)CC1=O. The van der Waals surface area contributed by atoms with Gasteiger partial charge in [-0.1, -0.05) is 0 Å². The molecule has 24 heavy (non-hydrogen) atoms. The minimum Gasteiger partial charge on any atom is -0.444 e. The van der Waals surface area contributed by atoms with Crippen molar-refractivity contribution in [1.82, 2.24) is 9.88 Å². The molecular formula is C16H22N4O4. The highest BCUT2D eigenvalue weighted by molar-refractivity contribution is 5.97. The van der Waals surface area contributed by atoms with E-state index in [-0.39, 0.29) is 24.2 Å². The number of ether oxygens (including phenoxy) is 1. The van der Waals surface area contributed by atoms with E-state index in [0.717, 1.165) is 0 Å². The molecule has 1 aromatic rings. The summed E-state index contributed by atoms with van der Waals surface area (Å²) in [5, 5.41) is 5.23.